The molecule has 108 valence electrons. The van der Waals surface area contributed by atoms with Gasteiger partial charge in [0.05, 0.1) is 22.3 Å². The molecular weight excluding hydrogens is 274 g/mol. The van der Waals surface area contributed by atoms with E-state index in [9.17, 15) is 4.79 Å². The molecule has 0 saturated carbocycles. The third-order valence-corrected chi connectivity index (χ3v) is 3.30. The predicted molar refractivity (Wildman–Crippen MR) is 81.4 cm³/mol. The lowest BCUT2D eigenvalue weighted by Gasteiger charge is -2.16. The zero-order valence-electron chi connectivity index (χ0n) is 11.8. The fourth-order valence-electron chi connectivity index (χ4n) is 2.08. The van der Waals surface area contributed by atoms with Crippen molar-refractivity contribution in [1.29, 1.82) is 5.26 Å². The lowest BCUT2D eigenvalue weighted by molar-refractivity contribution is -0.117. The van der Waals surface area contributed by atoms with Gasteiger partial charge in [-0.25, -0.2) is 0 Å². The highest BCUT2D eigenvalue weighted by Crippen LogP contribution is 2.23. The van der Waals surface area contributed by atoms with Gasteiger partial charge in [0, 0.05) is 6.42 Å². The number of carbonyl (C=O) groups excluding carboxylic acids is 1. The summed E-state index contributed by atoms with van der Waals surface area (Å²) in [6.45, 7) is 4.71. The van der Waals surface area contributed by atoms with Gasteiger partial charge in [-0.2, -0.15) is 5.26 Å². The van der Waals surface area contributed by atoms with Crippen molar-refractivity contribution in [3.8, 4) is 6.07 Å². The first kappa shape index (κ1) is 16.5. The normalized spacial score (nSPS) is 12.0. The van der Waals surface area contributed by atoms with E-state index in [1.807, 2.05) is 6.07 Å². The van der Waals surface area contributed by atoms with E-state index >= 15 is 0 Å². The third kappa shape index (κ3) is 5.20. The summed E-state index contributed by atoms with van der Waals surface area (Å²) >= 11 is 6.02. The number of nitriles is 1. The van der Waals surface area contributed by atoms with Gasteiger partial charge in [0.15, 0.2) is 0 Å². The number of rotatable bonds is 6. The fraction of sp³-hybridized carbons (Fsp3) is 0.467. The van der Waals surface area contributed by atoms with E-state index in [0.717, 1.165) is 6.42 Å². The minimum atomic E-state index is -0.104. The molecule has 1 amide bonds. The molecule has 4 nitrogen and oxygen atoms in total. The van der Waals surface area contributed by atoms with Gasteiger partial charge in [-0.05, 0) is 43.0 Å². The maximum Gasteiger partial charge on any atom is 0.224 e. The molecule has 1 aromatic carbocycles. The number of nitrogens with two attached hydrogens (primary N) is 1. The summed E-state index contributed by atoms with van der Waals surface area (Å²) in [5, 5.41) is 11.9. The summed E-state index contributed by atoms with van der Waals surface area (Å²) in [5.41, 5.74) is 6.68. The largest absolute Gasteiger partial charge is 0.330 e. The van der Waals surface area contributed by atoms with E-state index in [4.69, 9.17) is 22.6 Å². The number of carbonyl (C=O) groups is 1. The minimum absolute atomic E-state index is 0.104. The molecule has 0 aliphatic carbocycles. The highest BCUT2D eigenvalue weighted by atomic mass is 35.5. The number of nitrogens with zero attached hydrogens (tertiary/aromatic N) is 1. The zero-order chi connectivity index (χ0) is 15.1. The minimum Gasteiger partial charge on any atom is -0.330 e. The molecule has 5 heteroatoms. The van der Waals surface area contributed by atoms with Crippen LogP contribution < -0.4 is 11.1 Å². The molecular formula is C15H20ClN3O. The molecule has 0 aliphatic rings. The van der Waals surface area contributed by atoms with Crippen molar-refractivity contribution in [2.45, 2.75) is 26.7 Å². The van der Waals surface area contributed by atoms with E-state index < -0.39 is 0 Å². The Hall–Kier alpha value is -1.57. The summed E-state index contributed by atoms with van der Waals surface area (Å²) in [7, 11) is 0. The first-order chi connectivity index (χ1) is 9.46. The van der Waals surface area contributed by atoms with Crippen LogP contribution in [0.5, 0.6) is 0 Å². The Morgan fingerprint density at radius 2 is 2.20 bits per heavy atom. The maximum absolute atomic E-state index is 12.0. The topological polar surface area (TPSA) is 78.9 Å². The molecule has 3 N–H and O–H groups in total. The molecule has 0 fully saturated rings. The average molecular weight is 294 g/mol. The average Bonchev–Trinajstić information content (AvgIpc) is 2.39. The van der Waals surface area contributed by atoms with Gasteiger partial charge >= 0.3 is 0 Å². The monoisotopic (exact) mass is 293 g/mol. The molecule has 0 spiro atoms. The first-order valence-corrected chi connectivity index (χ1v) is 7.03. The molecule has 20 heavy (non-hydrogen) atoms. The van der Waals surface area contributed by atoms with Crippen LogP contribution in [0.4, 0.5) is 5.69 Å². The van der Waals surface area contributed by atoms with Crippen molar-refractivity contribution in [1.82, 2.24) is 0 Å². The Balaban J connectivity index is 2.64. The number of amides is 1. The second-order valence-electron chi connectivity index (χ2n) is 5.29. The van der Waals surface area contributed by atoms with Crippen LogP contribution in [0.1, 0.15) is 32.3 Å². The van der Waals surface area contributed by atoms with Gasteiger partial charge in [0.25, 0.3) is 0 Å². The number of nitrogens with one attached hydrogen (secondary N) is 1. The lowest BCUT2D eigenvalue weighted by atomic mass is 9.94. The molecule has 1 rings (SSSR count). The fourth-order valence-corrected chi connectivity index (χ4v) is 2.31. The van der Waals surface area contributed by atoms with E-state index in [0.29, 0.717) is 35.2 Å². The third-order valence-electron chi connectivity index (χ3n) is 2.98. The van der Waals surface area contributed by atoms with Crippen LogP contribution in [-0.4, -0.2) is 12.5 Å². The highest BCUT2D eigenvalue weighted by molar-refractivity contribution is 6.33. The predicted octanol–water partition coefficient (Wildman–Crippen LogP) is 3.16. The maximum atomic E-state index is 12.0. The van der Waals surface area contributed by atoms with Crippen molar-refractivity contribution in [3.63, 3.8) is 0 Å². The molecule has 0 heterocycles. The molecule has 0 bridgehead atoms. The number of hydrogen-bond acceptors (Lipinski definition) is 3. The van der Waals surface area contributed by atoms with E-state index in [1.165, 1.54) is 6.07 Å². The number of hydrogen-bond donors (Lipinski definition) is 2. The Kier molecular flexibility index (Phi) is 6.50. The van der Waals surface area contributed by atoms with Crippen LogP contribution in [0.15, 0.2) is 18.2 Å². The van der Waals surface area contributed by atoms with Gasteiger partial charge in [0.2, 0.25) is 5.91 Å². The molecule has 1 atom stereocenters. The number of halogens is 1. The van der Waals surface area contributed by atoms with E-state index in [1.54, 1.807) is 12.1 Å². The van der Waals surface area contributed by atoms with Crippen LogP contribution in [0, 0.1) is 23.2 Å². The molecule has 0 radical (unpaired) electrons. The van der Waals surface area contributed by atoms with Gasteiger partial charge in [0.1, 0.15) is 0 Å². The number of anilines is 1. The molecule has 1 unspecified atom stereocenters. The standard InChI is InChI=1S/C15H20ClN3O/c1-10(2)5-12(9-18)7-15(20)19-14-4-3-11(8-17)6-13(14)16/h3-4,6,10,12H,5,7,9,18H2,1-2H3,(H,19,20). The van der Waals surface area contributed by atoms with Gasteiger partial charge in [-0.15, -0.1) is 0 Å². The molecule has 0 saturated heterocycles. The van der Waals surface area contributed by atoms with Gasteiger partial charge in [-0.3, -0.25) is 4.79 Å². The summed E-state index contributed by atoms with van der Waals surface area (Å²) in [5.74, 6) is 0.578. The Labute approximate surface area is 124 Å². The van der Waals surface area contributed by atoms with E-state index in [2.05, 4.69) is 19.2 Å². The summed E-state index contributed by atoms with van der Waals surface area (Å²) in [6.07, 6.45) is 1.30. The van der Waals surface area contributed by atoms with Gasteiger partial charge < -0.3 is 11.1 Å². The number of benzene rings is 1. The van der Waals surface area contributed by atoms with Crippen LogP contribution in [-0.2, 0) is 4.79 Å². The van der Waals surface area contributed by atoms with Crippen LogP contribution in [0.2, 0.25) is 5.02 Å². The van der Waals surface area contributed by atoms with Crippen molar-refractivity contribution in [2.24, 2.45) is 17.6 Å². The highest BCUT2D eigenvalue weighted by Gasteiger charge is 2.15. The van der Waals surface area contributed by atoms with Crippen molar-refractivity contribution >= 4 is 23.2 Å². The second kappa shape index (κ2) is 7.88. The van der Waals surface area contributed by atoms with Crippen molar-refractivity contribution in [2.75, 3.05) is 11.9 Å². The Bertz CT molecular complexity index is 508. The smallest absolute Gasteiger partial charge is 0.224 e. The van der Waals surface area contributed by atoms with E-state index in [-0.39, 0.29) is 11.8 Å². The molecule has 1 aromatic rings. The van der Waals surface area contributed by atoms with Crippen molar-refractivity contribution in [3.05, 3.63) is 28.8 Å². The second-order valence-corrected chi connectivity index (χ2v) is 5.70. The summed E-state index contributed by atoms with van der Waals surface area (Å²) in [4.78, 5) is 12.0. The quantitative estimate of drug-likeness (QED) is 0.845. The zero-order valence-corrected chi connectivity index (χ0v) is 12.6. The van der Waals surface area contributed by atoms with Crippen LogP contribution >= 0.6 is 11.6 Å². The van der Waals surface area contributed by atoms with Crippen LogP contribution in [0.25, 0.3) is 0 Å². The van der Waals surface area contributed by atoms with Crippen molar-refractivity contribution < 1.29 is 4.79 Å². The Morgan fingerprint density at radius 3 is 2.70 bits per heavy atom. The first-order valence-electron chi connectivity index (χ1n) is 6.65. The summed E-state index contributed by atoms with van der Waals surface area (Å²) in [6, 6.07) is 6.79. The lowest BCUT2D eigenvalue weighted by Crippen LogP contribution is -2.23. The van der Waals surface area contributed by atoms with Crippen LogP contribution in [0.3, 0.4) is 0 Å². The molecule has 0 aliphatic heterocycles. The molecule has 0 aromatic heterocycles. The summed E-state index contributed by atoms with van der Waals surface area (Å²) < 4.78 is 0. The Morgan fingerprint density at radius 1 is 1.50 bits per heavy atom. The van der Waals surface area contributed by atoms with Gasteiger partial charge in [-0.1, -0.05) is 25.4 Å². The SMILES string of the molecule is CC(C)CC(CN)CC(=O)Nc1ccc(C#N)cc1Cl.